The molecule has 0 spiro atoms. The van der Waals surface area contributed by atoms with Crippen LogP contribution in [0.1, 0.15) is 70.3 Å². The summed E-state index contributed by atoms with van der Waals surface area (Å²) in [5, 5.41) is 0. The molecule has 0 amide bonds. The van der Waals surface area contributed by atoms with Crippen molar-refractivity contribution in [3.05, 3.63) is 52.5 Å². The number of thiocarbonyl (C=S) groups is 1. The van der Waals surface area contributed by atoms with Crippen LogP contribution in [0.3, 0.4) is 0 Å². The molecule has 0 atom stereocenters. The van der Waals surface area contributed by atoms with Crippen LogP contribution in [-0.4, -0.2) is 36.7 Å². The van der Waals surface area contributed by atoms with Gasteiger partial charge in [-0.2, -0.15) is 0 Å². The second-order valence-electron chi connectivity index (χ2n) is 8.17. The third-order valence-corrected chi connectivity index (χ3v) is 6.01. The Hall–Kier alpha value is -3.00. The summed E-state index contributed by atoms with van der Waals surface area (Å²) in [6.45, 7) is 1.66. The first kappa shape index (κ1) is 27.2. The molecular formula is C26H33NO6S. The van der Waals surface area contributed by atoms with Crippen LogP contribution < -0.4 is 10.5 Å². The number of hydrogen-bond donors (Lipinski definition) is 1. The van der Waals surface area contributed by atoms with Crippen LogP contribution in [0.2, 0.25) is 0 Å². The number of ether oxygens (including phenoxy) is 3. The number of esters is 1. The predicted molar refractivity (Wildman–Crippen MR) is 133 cm³/mol. The van der Waals surface area contributed by atoms with Crippen LogP contribution >= 0.6 is 12.2 Å². The number of unbranched alkanes of at least 4 members (excludes halogenated alkanes) is 6. The van der Waals surface area contributed by atoms with E-state index < -0.39 is 0 Å². The third-order valence-electron chi connectivity index (χ3n) is 5.77. The zero-order valence-corrected chi connectivity index (χ0v) is 20.9. The zero-order chi connectivity index (χ0) is 25.1. The van der Waals surface area contributed by atoms with Crippen LogP contribution in [0.15, 0.2) is 46.9 Å². The number of Topliss-reactive ketones (excluding diaryl/α,β-unsaturated/α-hetero) is 2. The highest BCUT2D eigenvalue weighted by Crippen LogP contribution is 2.28. The van der Waals surface area contributed by atoms with Crippen LogP contribution in [0.4, 0.5) is 0 Å². The average Bonchev–Trinajstić information content (AvgIpc) is 2.82. The van der Waals surface area contributed by atoms with Crippen molar-refractivity contribution in [2.75, 3.05) is 14.2 Å². The van der Waals surface area contributed by atoms with Crippen LogP contribution in [-0.2, 0) is 23.9 Å². The van der Waals surface area contributed by atoms with Gasteiger partial charge in [0.25, 0.3) is 0 Å². The molecule has 1 aromatic rings. The first-order valence-corrected chi connectivity index (χ1v) is 11.9. The normalized spacial score (nSPS) is 13.9. The molecule has 0 bridgehead atoms. The topological polar surface area (TPSA) is 105 Å². The monoisotopic (exact) mass is 487 g/mol. The van der Waals surface area contributed by atoms with Crippen molar-refractivity contribution in [2.45, 2.75) is 64.7 Å². The van der Waals surface area contributed by atoms with Crippen LogP contribution in [0, 0.1) is 0 Å². The molecule has 0 saturated carbocycles. The largest absolute Gasteiger partial charge is 0.489 e. The van der Waals surface area contributed by atoms with Gasteiger partial charge in [0.05, 0.1) is 14.2 Å². The number of methoxy groups -OCH3 is 2. The molecule has 7 nitrogen and oxygen atoms in total. The standard InChI is InChI=1S/C26H33NO6S/c1-17-20(23(30)25(32-3)24(31-2)22(17)29)11-9-7-5-4-6-8-10-12-21(28)33-19-15-13-18(14-16-19)26(27)34/h13-16H,4-12H2,1-3H3,(H2,27,34). The fraction of sp³-hybridized carbons (Fsp3) is 0.462. The summed E-state index contributed by atoms with van der Waals surface area (Å²) in [5.41, 5.74) is 7.24. The van der Waals surface area contributed by atoms with E-state index in [0.717, 1.165) is 50.5 Å². The van der Waals surface area contributed by atoms with E-state index in [2.05, 4.69) is 0 Å². The lowest BCUT2D eigenvalue weighted by molar-refractivity contribution is -0.134. The molecule has 1 aromatic carbocycles. The number of nitrogens with two attached hydrogens (primary N) is 1. The number of rotatable bonds is 14. The molecule has 34 heavy (non-hydrogen) atoms. The Morgan fingerprint density at radius 1 is 0.853 bits per heavy atom. The Morgan fingerprint density at radius 3 is 1.94 bits per heavy atom. The molecule has 0 aliphatic heterocycles. The maximum atomic E-state index is 12.6. The Bertz CT molecular complexity index is 978. The van der Waals surface area contributed by atoms with Gasteiger partial charge in [-0.1, -0.05) is 44.3 Å². The summed E-state index contributed by atoms with van der Waals surface area (Å²) in [4.78, 5) is 37.3. The van der Waals surface area contributed by atoms with Gasteiger partial charge in [0, 0.05) is 23.1 Å². The van der Waals surface area contributed by atoms with Gasteiger partial charge in [0.1, 0.15) is 10.7 Å². The molecule has 1 aliphatic carbocycles. The maximum Gasteiger partial charge on any atom is 0.311 e. The Kier molecular flexibility index (Phi) is 10.9. The van der Waals surface area contributed by atoms with Crippen LogP contribution in [0.25, 0.3) is 0 Å². The second kappa shape index (κ2) is 13.6. The predicted octanol–water partition coefficient (Wildman–Crippen LogP) is 4.71. The van der Waals surface area contributed by atoms with E-state index >= 15 is 0 Å². The Morgan fingerprint density at radius 2 is 1.38 bits per heavy atom. The van der Waals surface area contributed by atoms with Crippen molar-refractivity contribution in [3.63, 3.8) is 0 Å². The zero-order valence-electron chi connectivity index (χ0n) is 20.1. The number of carbonyl (C=O) groups excluding carboxylic acids is 3. The highest BCUT2D eigenvalue weighted by atomic mass is 32.1. The molecule has 0 fully saturated rings. The molecule has 0 aromatic heterocycles. The van der Waals surface area contributed by atoms with Crippen molar-refractivity contribution in [3.8, 4) is 5.75 Å². The molecule has 1 aliphatic rings. The van der Waals surface area contributed by atoms with Gasteiger partial charge >= 0.3 is 5.97 Å². The lowest BCUT2D eigenvalue weighted by atomic mass is 9.89. The fourth-order valence-corrected chi connectivity index (χ4v) is 3.95. The number of benzene rings is 1. The van der Waals surface area contributed by atoms with Crippen molar-refractivity contribution in [2.24, 2.45) is 5.73 Å². The lowest BCUT2D eigenvalue weighted by Crippen LogP contribution is -2.25. The molecule has 0 heterocycles. The summed E-state index contributed by atoms with van der Waals surface area (Å²) >= 11 is 4.90. The fourth-order valence-electron chi connectivity index (χ4n) is 3.82. The average molecular weight is 488 g/mol. The van der Waals surface area contributed by atoms with Gasteiger partial charge < -0.3 is 19.9 Å². The molecule has 0 radical (unpaired) electrons. The van der Waals surface area contributed by atoms with E-state index in [-0.39, 0.29) is 29.1 Å². The second-order valence-corrected chi connectivity index (χ2v) is 8.61. The van der Waals surface area contributed by atoms with Gasteiger partial charge in [0.15, 0.2) is 0 Å². The lowest BCUT2D eigenvalue weighted by Gasteiger charge is -2.20. The summed E-state index contributed by atoms with van der Waals surface area (Å²) in [6.07, 6.45) is 7.56. The van der Waals surface area contributed by atoms with Crippen LogP contribution in [0.5, 0.6) is 5.75 Å². The molecule has 184 valence electrons. The van der Waals surface area contributed by atoms with Gasteiger partial charge in [-0.05, 0) is 50.5 Å². The van der Waals surface area contributed by atoms with Gasteiger partial charge in [-0.3, -0.25) is 14.4 Å². The summed E-state index contributed by atoms with van der Waals surface area (Å²) in [5.74, 6) is -0.346. The van der Waals surface area contributed by atoms with Gasteiger partial charge in [0.2, 0.25) is 23.1 Å². The van der Waals surface area contributed by atoms with E-state index in [1.165, 1.54) is 14.2 Å². The molecule has 0 unspecified atom stereocenters. The third kappa shape index (κ3) is 7.52. The molecule has 2 rings (SSSR count). The van der Waals surface area contributed by atoms with E-state index in [9.17, 15) is 14.4 Å². The number of hydrogen-bond acceptors (Lipinski definition) is 7. The smallest absolute Gasteiger partial charge is 0.311 e. The first-order valence-electron chi connectivity index (χ1n) is 11.5. The summed E-state index contributed by atoms with van der Waals surface area (Å²) in [7, 11) is 2.73. The summed E-state index contributed by atoms with van der Waals surface area (Å²) < 4.78 is 15.5. The quantitative estimate of drug-likeness (QED) is 0.132. The van der Waals surface area contributed by atoms with Crippen molar-refractivity contribution in [1.82, 2.24) is 0 Å². The molecular weight excluding hydrogens is 454 g/mol. The Balaban J connectivity index is 1.59. The minimum Gasteiger partial charge on any atom is -0.489 e. The minimum absolute atomic E-state index is 0.0108. The number of allylic oxidation sites excluding steroid dienone is 2. The van der Waals surface area contributed by atoms with Gasteiger partial charge in [-0.15, -0.1) is 0 Å². The minimum atomic E-state index is -0.288. The van der Waals surface area contributed by atoms with E-state index in [1.807, 2.05) is 0 Å². The molecule has 0 saturated heterocycles. The van der Waals surface area contributed by atoms with Crippen molar-refractivity contribution in [1.29, 1.82) is 0 Å². The number of carbonyl (C=O) groups is 3. The van der Waals surface area contributed by atoms with E-state index in [4.69, 9.17) is 32.2 Å². The summed E-state index contributed by atoms with van der Waals surface area (Å²) in [6, 6.07) is 6.83. The highest BCUT2D eigenvalue weighted by Gasteiger charge is 2.34. The first-order chi connectivity index (χ1) is 16.3. The van der Waals surface area contributed by atoms with E-state index in [1.54, 1.807) is 31.2 Å². The van der Waals surface area contributed by atoms with Crippen molar-refractivity contribution >= 4 is 34.7 Å². The Labute approximate surface area is 206 Å². The molecule has 8 heteroatoms. The molecule has 2 N–H and O–H groups in total. The SMILES string of the molecule is COC1=C(OC)C(=O)C(CCCCCCCCCC(=O)Oc2ccc(C(N)=S)cc2)=C(C)C1=O. The number of ketones is 2. The van der Waals surface area contributed by atoms with Crippen molar-refractivity contribution < 1.29 is 28.6 Å². The van der Waals surface area contributed by atoms with Gasteiger partial charge in [-0.25, -0.2) is 0 Å². The maximum absolute atomic E-state index is 12.6. The highest BCUT2D eigenvalue weighted by molar-refractivity contribution is 7.80. The van der Waals surface area contributed by atoms with E-state index in [0.29, 0.717) is 34.7 Å².